The lowest BCUT2D eigenvalue weighted by Crippen LogP contribution is -2.50. The monoisotopic (exact) mass is 466 g/mol. The molecule has 166 valence electrons. The van der Waals surface area contributed by atoms with Gasteiger partial charge in [-0.2, -0.15) is 0 Å². The lowest BCUT2D eigenvalue weighted by atomic mass is 10.0. The maximum absolute atomic E-state index is 13.4. The molecule has 0 heterocycles. The van der Waals surface area contributed by atoms with Crippen LogP contribution >= 0.6 is 23.4 Å². The van der Waals surface area contributed by atoms with Crippen molar-refractivity contribution in [3.63, 3.8) is 0 Å². The van der Waals surface area contributed by atoms with Gasteiger partial charge in [0.25, 0.3) is 0 Å². The van der Waals surface area contributed by atoms with Crippen molar-refractivity contribution in [2.75, 3.05) is 12.8 Å². The van der Waals surface area contributed by atoms with E-state index in [2.05, 4.69) is 5.32 Å². The number of nitrogens with one attached hydrogen (secondary N) is 1. The van der Waals surface area contributed by atoms with Crippen molar-refractivity contribution in [2.24, 2.45) is 0 Å². The second kappa shape index (κ2) is 12.3. The second-order valence-electron chi connectivity index (χ2n) is 7.45. The Morgan fingerprint density at radius 2 is 1.53 bits per heavy atom. The van der Waals surface area contributed by atoms with Gasteiger partial charge in [-0.25, -0.2) is 0 Å². The Morgan fingerprint density at radius 1 is 0.906 bits per heavy atom. The Kier molecular flexibility index (Phi) is 9.20. The number of carbonyl (C=O) groups is 2. The summed E-state index contributed by atoms with van der Waals surface area (Å²) >= 11 is 7.59. The number of hydrogen-bond acceptors (Lipinski definition) is 3. The minimum absolute atomic E-state index is 0.0644. The smallest absolute Gasteiger partial charge is 0.242 e. The van der Waals surface area contributed by atoms with Crippen LogP contribution in [0.5, 0.6) is 0 Å². The summed E-state index contributed by atoms with van der Waals surface area (Å²) in [6.45, 7) is 0.377. The molecule has 0 aromatic heterocycles. The van der Waals surface area contributed by atoms with Crippen molar-refractivity contribution in [1.82, 2.24) is 10.2 Å². The summed E-state index contributed by atoms with van der Waals surface area (Å²) in [5.74, 6) is 0.722. The largest absolute Gasteiger partial charge is 0.357 e. The number of halogens is 1. The van der Waals surface area contributed by atoms with E-state index in [1.54, 1.807) is 11.9 Å². The molecule has 0 unspecified atom stereocenters. The van der Waals surface area contributed by atoms with Gasteiger partial charge in [-0.1, -0.05) is 84.4 Å². The number of benzene rings is 3. The van der Waals surface area contributed by atoms with E-state index in [9.17, 15) is 9.59 Å². The SMILES string of the molecule is CNC(=O)[C@@H](Cc1ccccc1)N(Cc1ccccc1)C(=O)CSCc1cccc(Cl)c1. The molecule has 0 aliphatic carbocycles. The average Bonchev–Trinajstić information content (AvgIpc) is 2.82. The van der Waals surface area contributed by atoms with Crippen LogP contribution in [-0.2, 0) is 28.3 Å². The zero-order valence-electron chi connectivity index (χ0n) is 18.0. The van der Waals surface area contributed by atoms with Gasteiger partial charge in [0.15, 0.2) is 0 Å². The maximum Gasteiger partial charge on any atom is 0.242 e. The first-order valence-electron chi connectivity index (χ1n) is 10.5. The number of thioether (sulfide) groups is 1. The molecule has 0 radical (unpaired) electrons. The van der Waals surface area contributed by atoms with Crippen molar-refractivity contribution in [2.45, 2.75) is 24.8 Å². The summed E-state index contributed by atoms with van der Waals surface area (Å²) in [7, 11) is 1.61. The van der Waals surface area contributed by atoms with E-state index < -0.39 is 6.04 Å². The quantitative estimate of drug-likeness (QED) is 0.459. The molecule has 3 aromatic carbocycles. The fourth-order valence-electron chi connectivity index (χ4n) is 3.47. The first-order valence-corrected chi connectivity index (χ1v) is 12.0. The minimum atomic E-state index is -0.595. The van der Waals surface area contributed by atoms with Crippen LogP contribution in [0.1, 0.15) is 16.7 Å². The number of likely N-dealkylation sites (N-methyl/N-ethyl adjacent to an activating group) is 1. The Morgan fingerprint density at radius 3 is 2.16 bits per heavy atom. The highest BCUT2D eigenvalue weighted by Crippen LogP contribution is 2.20. The van der Waals surface area contributed by atoms with E-state index in [1.807, 2.05) is 84.9 Å². The van der Waals surface area contributed by atoms with Crippen molar-refractivity contribution >= 4 is 35.2 Å². The molecule has 0 spiro atoms. The highest BCUT2D eigenvalue weighted by Gasteiger charge is 2.29. The van der Waals surface area contributed by atoms with Gasteiger partial charge >= 0.3 is 0 Å². The third-order valence-electron chi connectivity index (χ3n) is 5.10. The summed E-state index contributed by atoms with van der Waals surface area (Å²) < 4.78 is 0. The number of hydrogen-bond donors (Lipinski definition) is 1. The minimum Gasteiger partial charge on any atom is -0.357 e. The van der Waals surface area contributed by atoms with Gasteiger partial charge in [-0.05, 0) is 28.8 Å². The van der Waals surface area contributed by atoms with Crippen LogP contribution in [0.2, 0.25) is 5.02 Å². The maximum atomic E-state index is 13.4. The van der Waals surface area contributed by atoms with Gasteiger partial charge < -0.3 is 10.2 Å². The first kappa shape index (κ1) is 23.9. The molecule has 0 saturated carbocycles. The highest BCUT2D eigenvalue weighted by atomic mass is 35.5. The topological polar surface area (TPSA) is 49.4 Å². The van der Waals surface area contributed by atoms with Crippen LogP contribution in [0, 0.1) is 0 Å². The lowest BCUT2D eigenvalue weighted by Gasteiger charge is -2.31. The fraction of sp³-hybridized carbons (Fsp3) is 0.231. The molecule has 0 saturated heterocycles. The van der Waals surface area contributed by atoms with Gasteiger partial charge in [-0.15, -0.1) is 11.8 Å². The third kappa shape index (κ3) is 7.14. The standard InChI is InChI=1S/C26H27ClN2O2S/c1-28-26(31)24(16-20-9-4-2-5-10-20)29(17-21-11-6-3-7-12-21)25(30)19-32-18-22-13-8-14-23(27)15-22/h2-15,24H,16-19H2,1H3,(H,28,31)/t24-/m1/s1. The molecule has 3 rings (SSSR count). The van der Waals surface area contributed by atoms with Gasteiger partial charge in [0.2, 0.25) is 11.8 Å². The van der Waals surface area contributed by atoms with Gasteiger partial charge in [0.05, 0.1) is 5.75 Å². The van der Waals surface area contributed by atoms with Crippen LogP contribution in [0.15, 0.2) is 84.9 Å². The summed E-state index contributed by atoms with van der Waals surface area (Å²) in [5, 5.41) is 3.42. The number of amides is 2. The molecule has 0 fully saturated rings. The average molecular weight is 467 g/mol. The Hall–Kier alpha value is -2.76. The Balaban J connectivity index is 1.78. The molecule has 0 aliphatic heterocycles. The number of carbonyl (C=O) groups excluding carboxylic acids is 2. The van der Waals surface area contributed by atoms with E-state index in [-0.39, 0.29) is 17.6 Å². The first-order chi connectivity index (χ1) is 15.6. The van der Waals surface area contributed by atoms with Crippen LogP contribution in [0.4, 0.5) is 0 Å². The van der Waals surface area contributed by atoms with E-state index in [0.29, 0.717) is 23.7 Å². The fourth-order valence-corrected chi connectivity index (χ4v) is 4.54. The van der Waals surface area contributed by atoms with E-state index in [0.717, 1.165) is 16.7 Å². The molecule has 1 N–H and O–H groups in total. The molecule has 1 atom stereocenters. The van der Waals surface area contributed by atoms with Crippen molar-refractivity contribution in [3.8, 4) is 0 Å². The van der Waals surface area contributed by atoms with Gasteiger partial charge in [0.1, 0.15) is 6.04 Å². The predicted octanol–water partition coefficient (Wildman–Crippen LogP) is 4.96. The van der Waals surface area contributed by atoms with E-state index in [1.165, 1.54) is 11.8 Å². The van der Waals surface area contributed by atoms with Crippen LogP contribution in [-0.4, -0.2) is 35.6 Å². The second-order valence-corrected chi connectivity index (χ2v) is 8.87. The van der Waals surface area contributed by atoms with E-state index >= 15 is 0 Å². The summed E-state index contributed by atoms with van der Waals surface area (Å²) in [6.07, 6.45) is 0.456. The van der Waals surface area contributed by atoms with Crippen molar-refractivity contribution < 1.29 is 9.59 Å². The van der Waals surface area contributed by atoms with Crippen molar-refractivity contribution in [1.29, 1.82) is 0 Å². The summed E-state index contributed by atoms with van der Waals surface area (Å²) in [6, 6.07) is 26.6. The predicted molar refractivity (Wildman–Crippen MR) is 133 cm³/mol. The number of rotatable bonds is 10. The third-order valence-corrected chi connectivity index (χ3v) is 6.32. The Bertz CT molecular complexity index is 1010. The van der Waals surface area contributed by atoms with Crippen molar-refractivity contribution in [3.05, 3.63) is 107 Å². The summed E-state index contributed by atoms with van der Waals surface area (Å²) in [4.78, 5) is 27.9. The van der Waals surface area contributed by atoms with Crippen LogP contribution in [0.3, 0.4) is 0 Å². The molecule has 2 amide bonds. The molecule has 3 aromatic rings. The lowest BCUT2D eigenvalue weighted by molar-refractivity contribution is -0.139. The molecule has 0 aliphatic rings. The zero-order valence-corrected chi connectivity index (χ0v) is 19.6. The molecular formula is C26H27ClN2O2S. The van der Waals surface area contributed by atoms with Gasteiger partial charge in [-0.3, -0.25) is 9.59 Å². The zero-order chi connectivity index (χ0) is 22.8. The van der Waals surface area contributed by atoms with Crippen LogP contribution < -0.4 is 5.32 Å². The number of nitrogens with zero attached hydrogens (tertiary/aromatic N) is 1. The van der Waals surface area contributed by atoms with Crippen LogP contribution in [0.25, 0.3) is 0 Å². The van der Waals surface area contributed by atoms with E-state index in [4.69, 9.17) is 11.6 Å². The molecule has 32 heavy (non-hydrogen) atoms. The molecule has 4 nitrogen and oxygen atoms in total. The molecular weight excluding hydrogens is 440 g/mol. The molecule has 0 bridgehead atoms. The van der Waals surface area contributed by atoms with Gasteiger partial charge in [0, 0.05) is 30.8 Å². The molecule has 6 heteroatoms. The highest BCUT2D eigenvalue weighted by molar-refractivity contribution is 7.99. The normalized spacial score (nSPS) is 11.6. The summed E-state index contributed by atoms with van der Waals surface area (Å²) in [5.41, 5.74) is 3.07. The Labute approximate surface area is 199 Å².